The van der Waals surface area contributed by atoms with Crippen LogP contribution in [0.1, 0.15) is 123 Å². The molecule has 0 saturated heterocycles. The van der Waals surface area contributed by atoms with E-state index in [0.29, 0.717) is 0 Å². The predicted octanol–water partition coefficient (Wildman–Crippen LogP) is 7.70. The van der Waals surface area contributed by atoms with Crippen molar-refractivity contribution < 1.29 is 0 Å². The first-order chi connectivity index (χ1) is 12.9. The van der Waals surface area contributed by atoms with Crippen molar-refractivity contribution in [2.45, 2.75) is 123 Å². The largest absolute Gasteiger partial charge is 0.359 e. The van der Waals surface area contributed by atoms with E-state index in [1.165, 1.54) is 122 Å². The first kappa shape index (κ1) is 23.4. The molecule has 1 heterocycles. The van der Waals surface area contributed by atoms with Crippen LogP contribution in [0.25, 0.3) is 0 Å². The lowest BCUT2D eigenvalue weighted by atomic mass is 10.1. The molecule has 2 nitrogen and oxygen atoms in total. The molecule has 0 aromatic carbocycles. The monoisotopic (exact) mass is 364 g/mol. The molecule has 0 N–H and O–H groups in total. The summed E-state index contributed by atoms with van der Waals surface area (Å²) in [5.74, 6) is 0. The number of nitrogens with zero attached hydrogens (tertiary/aromatic N) is 2. The van der Waals surface area contributed by atoms with E-state index in [-0.39, 0.29) is 0 Å². The molecule has 0 spiro atoms. The zero-order chi connectivity index (χ0) is 18.7. The first-order valence-electron chi connectivity index (χ1n) is 12.0. The summed E-state index contributed by atoms with van der Waals surface area (Å²) in [6.45, 7) is 8.22. The van der Waals surface area contributed by atoms with Gasteiger partial charge in [0.1, 0.15) is 0 Å². The van der Waals surface area contributed by atoms with E-state index < -0.39 is 0 Å². The number of hydrogen-bond donors (Lipinski definition) is 0. The Hall–Kier alpha value is -0.660. The molecule has 0 aliphatic carbocycles. The Morgan fingerprint density at radius 2 is 0.769 bits per heavy atom. The molecule has 154 valence electrons. The second-order valence-corrected chi connectivity index (χ2v) is 8.37. The van der Waals surface area contributed by atoms with Crippen molar-refractivity contribution in [2.24, 2.45) is 0 Å². The van der Waals surface area contributed by atoms with E-state index in [1.54, 1.807) is 0 Å². The van der Waals surface area contributed by atoms with Crippen LogP contribution in [-0.4, -0.2) is 29.6 Å². The zero-order valence-electron chi connectivity index (χ0n) is 18.2. The zero-order valence-corrected chi connectivity index (χ0v) is 18.2. The minimum atomic E-state index is 1.13. The summed E-state index contributed by atoms with van der Waals surface area (Å²) in [7, 11) is 0. The van der Waals surface area contributed by atoms with Gasteiger partial charge in [-0.25, -0.2) is 0 Å². The van der Waals surface area contributed by atoms with Crippen LogP contribution in [0.3, 0.4) is 0 Å². The Morgan fingerprint density at radius 1 is 0.462 bits per heavy atom. The SMILES string of the molecule is CCCCCCCCCCCCCN1C=CN(CCCCCCCC)C1. The molecule has 0 radical (unpaired) electrons. The fraction of sp³-hybridized carbons (Fsp3) is 0.917. The second-order valence-electron chi connectivity index (χ2n) is 8.37. The van der Waals surface area contributed by atoms with Gasteiger partial charge in [-0.15, -0.1) is 0 Å². The van der Waals surface area contributed by atoms with Crippen LogP contribution in [0.15, 0.2) is 12.4 Å². The van der Waals surface area contributed by atoms with E-state index in [1.807, 2.05) is 0 Å². The van der Waals surface area contributed by atoms with Crippen LogP contribution in [0.5, 0.6) is 0 Å². The minimum Gasteiger partial charge on any atom is -0.359 e. The van der Waals surface area contributed by atoms with Crippen LogP contribution < -0.4 is 0 Å². The van der Waals surface area contributed by atoms with Crippen LogP contribution in [0.2, 0.25) is 0 Å². The van der Waals surface area contributed by atoms with Crippen molar-refractivity contribution in [1.29, 1.82) is 0 Å². The summed E-state index contributed by atoms with van der Waals surface area (Å²) in [5, 5.41) is 0. The molecule has 1 aliphatic rings. The maximum absolute atomic E-state index is 2.50. The van der Waals surface area contributed by atoms with Crippen LogP contribution in [-0.2, 0) is 0 Å². The molecule has 0 atom stereocenters. The molecular formula is C24H48N2. The lowest BCUT2D eigenvalue weighted by Crippen LogP contribution is -2.26. The molecule has 0 amide bonds. The van der Waals surface area contributed by atoms with Crippen molar-refractivity contribution in [3.63, 3.8) is 0 Å². The molecular weight excluding hydrogens is 316 g/mol. The summed E-state index contributed by atoms with van der Waals surface area (Å²) in [4.78, 5) is 5.00. The maximum atomic E-state index is 2.50. The fourth-order valence-corrected chi connectivity index (χ4v) is 3.88. The molecule has 1 aliphatic heterocycles. The van der Waals surface area contributed by atoms with E-state index in [9.17, 15) is 0 Å². The Morgan fingerprint density at radius 3 is 1.12 bits per heavy atom. The van der Waals surface area contributed by atoms with E-state index >= 15 is 0 Å². The molecule has 1 rings (SSSR count). The third-order valence-corrected chi connectivity index (χ3v) is 5.70. The third-order valence-electron chi connectivity index (χ3n) is 5.70. The van der Waals surface area contributed by atoms with Gasteiger partial charge in [0, 0.05) is 25.5 Å². The standard InChI is InChI=1S/C24H48N2/c1-3-5-7-9-11-12-13-14-15-17-19-21-26-23-22-25(24-26)20-18-16-10-8-6-4-2/h22-23H,3-21,24H2,1-2H3. The first-order valence-corrected chi connectivity index (χ1v) is 12.0. The molecule has 26 heavy (non-hydrogen) atoms. The van der Waals surface area contributed by atoms with Gasteiger partial charge in [-0.1, -0.05) is 110 Å². The Kier molecular flexibility index (Phi) is 16.0. The van der Waals surface area contributed by atoms with Gasteiger partial charge in [0.15, 0.2) is 0 Å². The van der Waals surface area contributed by atoms with E-state index in [2.05, 4.69) is 36.0 Å². The molecule has 0 saturated carbocycles. The molecule has 0 fully saturated rings. The Labute approximate surface area is 165 Å². The van der Waals surface area contributed by atoms with Gasteiger partial charge < -0.3 is 9.80 Å². The number of hydrogen-bond acceptors (Lipinski definition) is 2. The van der Waals surface area contributed by atoms with Crippen molar-refractivity contribution in [2.75, 3.05) is 19.8 Å². The van der Waals surface area contributed by atoms with Gasteiger partial charge in [0.25, 0.3) is 0 Å². The van der Waals surface area contributed by atoms with E-state index in [4.69, 9.17) is 0 Å². The van der Waals surface area contributed by atoms with Crippen LogP contribution >= 0.6 is 0 Å². The average Bonchev–Trinajstić information content (AvgIpc) is 3.10. The van der Waals surface area contributed by atoms with Gasteiger partial charge in [-0.2, -0.15) is 0 Å². The Balaban J connectivity index is 1.81. The van der Waals surface area contributed by atoms with Gasteiger partial charge in [0.05, 0.1) is 6.67 Å². The third kappa shape index (κ3) is 13.5. The molecule has 2 heteroatoms. The Bertz CT molecular complexity index is 313. The second kappa shape index (κ2) is 17.7. The highest BCUT2D eigenvalue weighted by Gasteiger charge is 2.10. The molecule has 0 unspecified atom stereocenters. The minimum absolute atomic E-state index is 1.13. The van der Waals surface area contributed by atoms with Gasteiger partial charge >= 0.3 is 0 Å². The summed E-state index contributed by atoms with van der Waals surface area (Å²) in [6.07, 6.45) is 28.8. The smallest absolute Gasteiger partial charge is 0.0893 e. The van der Waals surface area contributed by atoms with E-state index in [0.717, 1.165) is 6.67 Å². The highest BCUT2D eigenvalue weighted by molar-refractivity contribution is 4.90. The summed E-state index contributed by atoms with van der Waals surface area (Å²) in [6, 6.07) is 0. The fourth-order valence-electron chi connectivity index (χ4n) is 3.88. The molecule has 0 aromatic heterocycles. The lowest BCUT2D eigenvalue weighted by Gasteiger charge is -2.21. The predicted molar refractivity (Wildman–Crippen MR) is 117 cm³/mol. The maximum Gasteiger partial charge on any atom is 0.0893 e. The number of unbranched alkanes of at least 4 members (excludes halogenated alkanes) is 15. The summed E-state index contributed by atoms with van der Waals surface area (Å²) >= 11 is 0. The van der Waals surface area contributed by atoms with Crippen LogP contribution in [0.4, 0.5) is 0 Å². The van der Waals surface area contributed by atoms with Crippen molar-refractivity contribution >= 4 is 0 Å². The van der Waals surface area contributed by atoms with Crippen molar-refractivity contribution in [1.82, 2.24) is 9.80 Å². The van der Waals surface area contributed by atoms with Crippen molar-refractivity contribution in [3.8, 4) is 0 Å². The normalized spacial score (nSPS) is 13.9. The topological polar surface area (TPSA) is 6.48 Å². The number of rotatable bonds is 19. The highest BCUT2D eigenvalue weighted by Crippen LogP contribution is 2.14. The van der Waals surface area contributed by atoms with Crippen molar-refractivity contribution in [3.05, 3.63) is 12.4 Å². The van der Waals surface area contributed by atoms with Crippen LogP contribution in [0, 0.1) is 0 Å². The summed E-state index contributed by atoms with van der Waals surface area (Å²) in [5.41, 5.74) is 0. The van der Waals surface area contributed by atoms with Gasteiger partial charge in [0.2, 0.25) is 0 Å². The molecule has 0 bridgehead atoms. The average molecular weight is 365 g/mol. The van der Waals surface area contributed by atoms with Gasteiger partial charge in [-0.05, 0) is 12.8 Å². The molecule has 0 aromatic rings. The quantitative estimate of drug-likeness (QED) is 0.217. The van der Waals surface area contributed by atoms with Gasteiger partial charge in [-0.3, -0.25) is 0 Å². The summed E-state index contributed by atoms with van der Waals surface area (Å²) < 4.78 is 0. The lowest BCUT2D eigenvalue weighted by molar-refractivity contribution is 0.257. The highest BCUT2D eigenvalue weighted by atomic mass is 15.3.